The fraction of sp³-hybridized carbons (Fsp3) is 0.278. The second-order valence-corrected chi connectivity index (χ2v) is 5.73. The summed E-state index contributed by atoms with van der Waals surface area (Å²) >= 11 is 0. The molecular formula is C18H21F2N3O2. The normalized spacial score (nSPS) is 12.1. The molecule has 0 heterocycles. The van der Waals surface area contributed by atoms with Crippen molar-refractivity contribution in [3.8, 4) is 5.75 Å². The molecule has 25 heavy (non-hydrogen) atoms. The molecule has 0 aliphatic carbocycles. The first kappa shape index (κ1) is 18.7. The van der Waals surface area contributed by atoms with Gasteiger partial charge in [0.15, 0.2) is 0 Å². The van der Waals surface area contributed by atoms with Crippen molar-refractivity contribution in [2.45, 2.75) is 12.7 Å². The number of carbonyl (C=O) groups is 1. The van der Waals surface area contributed by atoms with Crippen LogP contribution in [0.5, 0.6) is 5.75 Å². The Kier molecular flexibility index (Phi) is 6.71. The summed E-state index contributed by atoms with van der Waals surface area (Å²) in [6.07, 6.45) is 0. The average Bonchev–Trinajstić information content (AvgIpc) is 2.56. The van der Waals surface area contributed by atoms with Gasteiger partial charge >= 0.3 is 12.6 Å². The van der Waals surface area contributed by atoms with E-state index in [-0.39, 0.29) is 17.8 Å². The maximum Gasteiger partial charge on any atom is 0.387 e. The molecule has 0 spiro atoms. The van der Waals surface area contributed by atoms with Crippen LogP contribution >= 0.6 is 0 Å². The molecule has 2 N–H and O–H groups in total. The Hall–Kier alpha value is -2.67. The van der Waals surface area contributed by atoms with Gasteiger partial charge in [0, 0.05) is 12.2 Å². The number of hydrogen-bond donors (Lipinski definition) is 2. The lowest BCUT2D eigenvalue weighted by molar-refractivity contribution is -0.0498. The van der Waals surface area contributed by atoms with Gasteiger partial charge in [-0.25, -0.2) is 4.79 Å². The van der Waals surface area contributed by atoms with Crippen LogP contribution in [0.25, 0.3) is 0 Å². The van der Waals surface area contributed by atoms with Gasteiger partial charge in [-0.2, -0.15) is 8.78 Å². The molecule has 0 aliphatic rings. The number of anilines is 1. The second kappa shape index (κ2) is 8.98. The van der Waals surface area contributed by atoms with E-state index in [1.54, 1.807) is 0 Å². The predicted molar refractivity (Wildman–Crippen MR) is 93.0 cm³/mol. The second-order valence-electron chi connectivity index (χ2n) is 5.73. The van der Waals surface area contributed by atoms with Gasteiger partial charge in [0.05, 0.1) is 6.04 Å². The summed E-state index contributed by atoms with van der Waals surface area (Å²) in [5, 5.41) is 5.60. The summed E-state index contributed by atoms with van der Waals surface area (Å²) in [5.74, 6) is 0.0377. The van der Waals surface area contributed by atoms with Crippen LogP contribution in [0, 0.1) is 0 Å². The number of likely N-dealkylation sites (N-methyl/N-ethyl adjacent to an activating group) is 1. The number of urea groups is 1. The van der Waals surface area contributed by atoms with Gasteiger partial charge in [-0.05, 0) is 43.9 Å². The van der Waals surface area contributed by atoms with Crippen molar-refractivity contribution in [2.24, 2.45) is 0 Å². The number of nitrogens with zero attached hydrogens (tertiary/aromatic N) is 1. The molecule has 0 radical (unpaired) electrons. The van der Waals surface area contributed by atoms with Crippen molar-refractivity contribution in [3.05, 3.63) is 60.2 Å². The topological polar surface area (TPSA) is 53.6 Å². The van der Waals surface area contributed by atoms with Crippen LogP contribution < -0.4 is 15.4 Å². The zero-order chi connectivity index (χ0) is 18.2. The van der Waals surface area contributed by atoms with Crippen LogP contribution in [0.15, 0.2) is 54.6 Å². The third kappa shape index (κ3) is 6.39. The lowest BCUT2D eigenvalue weighted by atomic mass is 10.1. The van der Waals surface area contributed by atoms with Gasteiger partial charge in [0.2, 0.25) is 0 Å². The third-order valence-corrected chi connectivity index (χ3v) is 3.39. The molecule has 2 aromatic carbocycles. The molecule has 2 amide bonds. The van der Waals surface area contributed by atoms with Crippen LogP contribution in [0.1, 0.15) is 11.6 Å². The number of hydrogen-bond acceptors (Lipinski definition) is 3. The molecule has 134 valence electrons. The van der Waals surface area contributed by atoms with Crippen molar-refractivity contribution in [1.82, 2.24) is 10.2 Å². The first-order valence-corrected chi connectivity index (χ1v) is 7.76. The van der Waals surface area contributed by atoms with E-state index in [1.807, 2.05) is 49.3 Å². The summed E-state index contributed by atoms with van der Waals surface area (Å²) in [7, 11) is 3.86. The van der Waals surface area contributed by atoms with Crippen LogP contribution in [0.3, 0.4) is 0 Å². The van der Waals surface area contributed by atoms with Crippen LogP contribution in [-0.2, 0) is 0 Å². The lowest BCUT2D eigenvalue weighted by Gasteiger charge is -2.23. The molecule has 0 saturated carbocycles. The molecule has 0 saturated heterocycles. The number of benzene rings is 2. The highest BCUT2D eigenvalue weighted by Gasteiger charge is 2.15. The number of ether oxygens (including phenoxy) is 1. The maximum atomic E-state index is 12.2. The van der Waals surface area contributed by atoms with Crippen molar-refractivity contribution in [1.29, 1.82) is 0 Å². The summed E-state index contributed by atoms with van der Waals surface area (Å²) in [6.45, 7) is -2.24. The number of halogens is 2. The molecule has 2 rings (SSSR count). The maximum absolute atomic E-state index is 12.2. The highest BCUT2D eigenvalue weighted by molar-refractivity contribution is 5.89. The Bertz CT molecular complexity index is 664. The monoisotopic (exact) mass is 349 g/mol. The Morgan fingerprint density at radius 3 is 2.28 bits per heavy atom. The lowest BCUT2D eigenvalue weighted by Crippen LogP contribution is -2.37. The third-order valence-electron chi connectivity index (χ3n) is 3.39. The Morgan fingerprint density at radius 2 is 1.72 bits per heavy atom. The van der Waals surface area contributed by atoms with Crippen LogP contribution in [-0.4, -0.2) is 38.2 Å². The summed E-state index contributed by atoms with van der Waals surface area (Å²) in [4.78, 5) is 14.2. The minimum Gasteiger partial charge on any atom is -0.435 e. The first-order valence-electron chi connectivity index (χ1n) is 7.76. The molecule has 1 unspecified atom stereocenters. The van der Waals surface area contributed by atoms with Crippen molar-refractivity contribution in [2.75, 3.05) is 26.0 Å². The number of nitrogens with one attached hydrogen (secondary N) is 2. The highest BCUT2D eigenvalue weighted by atomic mass is 19.3. The van der Waals surface area contributed by atoms with Crippen molar-refractivity contribution >= 4 is 11.7 Å². The molecule has 7 heteroatoms. The van der Waals surface area contributed by atoms with E-state index in [4.69, 9.17) is 0 Å². The molecule has 5 nitrogen and oxygen atoms in total. The molecule has 0 fully saturated rings. The Morgan fingerprint density at radius 1 is 1.08 bits per heavy atom. The van der Waals surface area contributed by atoms with E-state index >= 15 is 0 Å². The zero-order valence-electron chi connectivity index (χ0n) is 14.1. The van der Waals surface area contributed by atoms with Gasteiger partial charge in [0.25, 0.3) is 0 Å². The smallest absolute Gasteiger partial charge is 0.387 e. The highest BCUT2D eigenvalue weighted by Crippen LogP contribution is 2.18. The van der Waals surface area contributed by atoms with Gasteiger partial charge in [-0.1, -0.05) is 30.3 Å². The summed E-state index contributed by atoms with van der Waals surface area (Å²) in [6, 6.07) is 14.8. The van der Waals surface area contributed by atoms with E-state index in [9.17, 15) is 13.6 Å². The van der Waals surface area contributed by atoms with E-state index in [2.05, 4.69) is 15.4 Å². The van der Waals surface area contributed by atoms with Gasteiger partial charge < -0.3 is 20.3 Å². The number of amides is 2. The zero-order valence-corrected chi connectivity index (χ0v) is 14.1. The van der Waals surface area contributed by atoms with E-state index in [0.717, 1.165) is 5.56 Å². The fourth-order valence-electron chi connectivity index (χ4n) is 2.33. The predicted octanol–water partition coefficient (Wildman–Crippen LogP) is 3.71. The summed E-state index contributed by atoms with van der Waals surface area (Å²) in [5.41, 5.74) is 1.47. The standard InChI is InChI=1S/C18H21F2N3O2/c1-23(2)12-16(13-6-4-3-5-7-13)22-18(24)21-14-8-10-15(11-9-14)25-17(19)20/h3-11,16-17H,12H2,1-2H3,(H2,21,22,24). The molecule has 1 atom stereocenters. The van der Waals surface area contributed by atoms with Crippen molar-refractivity contribution < 1.29 is 18.3 Å². The Balaban J connectivity index is 1.98. The fourth-order valence-corrected chi connectivity index (χ4v) is 2.33. The number of alkyl halides is 2. The van der Waals surface area contributed by atoms with Crippen LogP contribution in [0.4, 0.5) is 19.3 Å². The minimum absolute atomic E-state index is 0.0377. The largest absolute Gasteiger partial charge is 0.435 e. The van der Waals surface area contributed by atoms with Gasteiger partial charge in [0.1, 0.15) is 5.75 Å². The number of rotatable bonds is 7. The van der Waals surface area contributed by atoms with Gasteiger partial charge in [-0.15, -0.1) is 0 Å². The summed E-state index contributed by atoms with van der Waals surface area (Å²) < 4.78 is 28.5. The van der Waals surface area contributed by atoms with Gasteiger partial charge in [-0.3, -0.25) is 0 Å². The first-order chi connectivity index (χ1) is 11.9. The van der Waals surface area contributed by atoms with E-state index < -0.39 is 6.61 Å². The molecule has 0 aliphatic heterocycles. The molecule has 0 aromatic heterocycles. The minimum atomic E-state index is -2.88. The Labute approximate surface area is 145 Å². The SMILES string of the molecule is CN(C)CC(NC(=O)Nc1ccc(OC(F)F)cc1)c1ccccc1. The average molecular weight is 349 g/mol. The number of carbonyl (C=O) groups excluding carboxylic acids is 1. The molecule has 0 bridgehead atoms. The van der Waals surface area contributed by atoms with Crippen LogP contribution in [0.2, 0.25) is 0 Å². The van der Waals surface area contributed by atoms with E-state index in [1.165, 1.54) is 24.3 Å². The quantitative estimate of drug-likeness (QED) is 0.801. The van der Waals surface area contributed by atoms with E-state index in [0.29, 0.717) is 12.2 Å². The molecular weight excluding hydrogens is 328 g/mol. The molecule has 2 aromatic rings. The van der Waals surface area contributed by atoms with Crippen molar-refractivity contribution in [3.63, 3.8) is 0 Å².